The monoisotopic (exact) mass is 186 g/mol. The highest BCUT2D eigenvalue weighted by atomic mass is 16.2. The maximum atomic E-state index is 11.1. The molecule has 1 saturated heterocycles. The van der Waals surface area contributed by atoms with Crippen LogP contribution in [-0.4, -0.2) is 36.2 Å². The van der Waals surface area contributed by atoms with E-state index in [1.54, 1.807) is 11.8 Å². The summed E-state index contributed by atoms with van der Waals surface area (Å²) in [4.78, 5) is 23.6. The van der Waals surface area contributed by atoms with Gasteiger partial charge in [-0.25, -0.2) is 0 Å². The summed E-state index contributed by atoms with van der Waals surface area (Å²) in [5, 5.41) is 0. The molecule has 4 heteroatoms. The molecular formula is C9H18N2O2. The fraction of sp³-hybridized carbons (Fsp3) is 0.778. The van der Waals surface area contributed by atoms with E-state index in [4.69, 9.17) is 0 Å². The molecule has 13 heavy (non-hydrogen) atoms. The van der Waals surface area contributed by atoms with Gasteiger partial charge in [0.1, 0.15) is 0 Å². The minimum atomic E-state index is -0.218. The van der Waals surface area contributed by atoms with Gasteiger partial charge in [-0.2, -0.15) is 0 Å². The van der Waals surface area contributed by atoms with Crippen LogP contribution >= 0.6 is 0 Å². The first-order chi connectivity index (χ1) is 6.13. The summed E-state index contributed by atoms with van der Waals surface area (Å²) in [6.07, 6.45) is 1.51. The van der Waals surface area contributed by atoms with Gasteiger partial charge in [0.2, 0.25) is 5.91 Å². The van der Waals surface area contributed by atoms with E-state index < -0.39 is 0 Å². The van der Waals surface area contributed by atoms with Crippen LogP contribution in [0, 0.1) is 0 Å². The minimum Gasteiger partial charge on any atom is -0.333 e. The fourth-order valence-corrected chi connectivity index (χ4v) is 1.30. The van der Waals surface area contributed by atoms with Crippen molar-refractivity contribution in [2.45, 2.75) is 32.7 Å². The maximum absolute atomic E-state index is 11.1. The number of Topliss-reactive ketones (excluding diaryl/α,β-unsaturated/α-hetero) is 1. The summed E-state index contributed by atoms with van der Waals surface area (Å²) in [7, 11) is 1.50. The Hall–Kier alpha value is -0.900. The van der Waals surface area contributed by atoms with Crippen LogP contribution in [0.3, 0.4) is 0 Å². The Kier molecular flexibility index (Phi) is 5.30. The van der Waals surface area contributed by atoms with Crippen LogP contribution in [0.4, 0.5) is 0 Å². The molecule has 76 valence electrons. The van der Waals surface area contributed by atoms with E-state index in [0.717, 1.165) is 13.0 Å². The Morgan fingerprint density at radius 2 is 2.08 bits per heavy atom. The molecule has 0 aromatic carbocycles. The number of rotatable bonds is 2. The van der Waals surface area contributed by atoms with Gasteiger partial charge in [0.25, 0.3) is 0 Å². The number of carbonyl (C=O) groups is 2. The standard InChI is InChI=1S/C8H13NO2.CH5N/c1-6(7(2)10)9-5-3-4-8(9)11;1-2/h6H,3-5H2,1-2H3;2H2,1H3. The molecule has 0 spiro atoms. The molecule has 2 N–H and O–H groups in total. The van der Waals surface area contributed by atoms with Crippen molar-refractivity contribution in [2.75, 3.05) is 13.6 Å². The zero-order chi connectivity index (χ0) is 10.4. The van der Waals surface area contributed by atoms with Gasteiger partial charge >= 0.3 is 0 Å². The summed E-state index contributed by atoms with van der Waals surface area (Å²) >= 11 is 0. The number of hydrogen-bond acceptors (Lipinski definition) is 3. The smallest absolute Gasteiger partial charge is 0.223 e. The van der Waals surface area contributed by atoms with Crippen LogP contribution in [0.15, 0.2) is 0 Å². The van der Waals surface area contributed by atoms with Crippen molar-refractivity contribution in [3.63, 3.8) is 0 Å². The molecule has 0 aromatic heterocycles. The van der Waals surface area contributed by atoms with Crippen molar-refractivity contribution in [3.8, 4) is 0 Å². The number of nitrogens with zero attached hydrogens (tertiary/aromatic N) is 1. The molecule has 1 aliphatic rings. The third-order valence-corrected chi connectivity index (χ3v) is 2.17. The predicted octanol–water partition coefficient (Wildman–Crippen LogP) is 0.161. The average Bonchev–Trinajstić information content (AvgIpc) is 2.53. The highest BCUT2D eigenvalue weighted by molar-refractivity contribution is 5.88. The number of carbonyl (C=O) groups excluding carboxylic acids is 2. The SMILES string of the molecule is CC(=O)C(C)N1CCCC1=O.CN. The molecule has 1 heterocycles. The van der Waals surface area contributed by atoms with Gasteiger partial charge in [-0.1, -0.05) is 0 Å². The Labute approximate surface area is 79.1 Å². The summed E-state index contributed by atoms with van der Waals surface area (Å²) in [5.74, 6) is 0.188. The fourth-order valence-electron chi connectivity index (χ4n) is 1.30. The van der Waals surface area contributed by atoms with Crippen molar-refractivity contribution in [2.24, 2.45) is 5.73 Å². The van der Waals surface area contributed by atoms with Crippen molar-refractivity contribution in [3.05, 3.63) is 0 Å². The van der Waals surface area contributed by atoms with Gasteiger partial charge in [0.15, 0.2) is 5.78 Å². The Bertz CT molecular complexity index is 192. The highest BCUT2D eigenvalue weighted by Gasteiger charge is 2.26. The molecule has 4 nitrogen and oxygen atoms in total. The first kappa shape index (κ1) is 12.1. The minimum absolute atomic E-state index is 0.0697. The zero-order valence-corrected chi connectivity index (χ0v) is 8.54. The lowest BCUT2D eigenvalue weighted by Crippen LogP contribution is -2.38. The van der Waals surface area contributed by atoms with E-state index in [2.05, 4.69) is 5.73 Å². The third-order valence-electron chi connectivity index (χ3n) is 2.17. The first-order valence-corrected chi connectivity index (χ1v) is 4.50. The van der Waals surface area contributed by atoms with E-state index in [-0.39, 0.29) is 17.7 Å². The van der Waals surface area contributed by atoms with Crippen LogP contribution < -0.4 is 5.73 Å². The summed E-state index contributed by atoms with van der Waals surface area (Å²) in [6.45, 7) is 4.06. The second-order valence-electron chi connectivity index (χ2n) is 2.98. The van der Waals surface area contributed by atoms with Crippen LogP contribution in [0.1, 0.15) is 26.7 Å². The molecule has 0 radical (unpaired) electrons. The highest BCUT2D eigenvalue weighted by Crippen LogP contribution is 2.13. The zero-order valence-electron chi connectivity index (χ0n) is 8.54. The number of nitrogens with two attached hydrogens (primary N) is 1. The molecule has 1 aliphatic heterocycles. The lowest BCUT2D eigenvalue weighted by molar-refractivity contribution is -0.135. The Morgan fingerprint density at radius 3 is 2.38 bits per heavy atom. The molecule has 0 bridgehead atoms. The molecule has 0 saturated carbocycles. The number of likely N-dealkylation sites (tertiary alicyclic amines) is 1. The largest absolute Gasteiger partial charge is 0.333 e. The summed E-state index contributed by atoms with van der Waals surface area (Å²) in [5.41, 5.74) is 4.50. The Morgan fingerprint density at radius 1 is 1.54 bits per heavy atom. The van der Waals surface area contributed by atoms with Gasteiger partial charge in [-0.15, -0.1) is 0 Å². The predicted molar refractivity (Wildman–Crippen MR) is 51.2 cm³/mol. The number of hydrogen-bond donors (Lipinski definition) is 1. The molecular weight excluding hydrogens is 168 g/mol. The van der Waals surface area contributed by atoms with Crippen molar-refractivity contribution >= 4 is 11.7 Å². The van der Waals surface area contributed by atoms with E-state index in [1.165, 1.54) is 14.0 Å². The summed E-state index contributed by atoms with van der Waals surface area (Å²) < 4.78 is 0. The van der Waals surface area contributed by atoms with Crippen LogP contribution in [0.5, 0.6) is 0 Å². The summed E-state index contributed by atoms with van der Waals surface area (Å²) in [6, 6.07) is -0.218. The maximum Gasteiger partial charge on any atom is 0.223 e. The third kappa shape index (κ3) is 3.14. The van der Waals surface area contributed by atoms with Gasteiger partial charge in [0.05, 0.1) is 6.04 Å². The van der Waals surface area contributed by atoms with E-state index in [0.29, 0.717) is 6.42 Å². The number of amides is 1. The number of ketones is 1. The van der Waals surface area contributed by atoms with Crippen LogP contribution in [-0.2, 0) is 9.59 Å². The second kappa shape index (κ2) is 5.70. The lowest BCUT2D eigenvalue weighted by atomic mass is 10.2. The van der Waals surface area contributed by atoms with Crippen molar-refractivity contribution in [1.82, 2.24) is 4.90 Å². The molecule has 1 unspecified atom stereocenters. The van der Waals surface area contributed by atoms with E-state index in [1.807, 2.05) is 0 Å². The van der Waals surface area contributed by atoms with Gasteiger partial charge in [-0.05, 0) is 27.3 Å². The molecule has 1 rings (SSSR count). The molecule has 1 fully saturated rings. The van der Waals surface area contributed by atoms with Crippen molar-refractivity contribution in [1.29, 1.82) is 0 Å². The van der Waals surface area contributed by atoms with Crippen molar-refractivity contribution < 1.29 is 9.59 Å². The van der Waals surface area contributed by atoms with Gasteiger partial charge in [-0.3, -0.25) is 9.59 Å². The van der Waals surface area contributed by atoms with E-state index in [9.17, 15) is 9.59 Å². The quantitative estimate of drug-likeness (QED) is 0.668. The van der Waals surface area contributed by atoms with Gasteiger partial charge < -0.3 is 10.6 Å². The van der Waals surface area contributed by atoms with E-state index >= 15 is 0 Å². The van der Waals surface area contributed by atoms with Gasteiger partial charge in [0, 0.05) is 13.0 Å². The Balaban J connectivity index is 0.000000671. The molecule has 1 amide bonds. The normalized spacial score (nSPS) is 17.8. The molecule has 0 aliphatic carbocycles. The molecule has 0 aromatic rings. The second-order valence-corrected chi connectivity index (χ2v) is 2.98. The van der Waals surface area contributed by atoms with Crippen LogP contribution in [0.25, 0.3) is 0 Å². The first-order valence-electron chi connectivity index (χ1n) is 4.50. The lowest BCUT2D eigenvalue weighted by Gasteiger charge is -2.21. The van der Waals surface area contributed by atoms with Crippen LogP contribution in [0.2, 0.25) is 0 Å². The molecule has 1 atom stereocenters. The average molecular weight is 186 g/mol. The topological polar surface area (TPSA) is 63.4 Å².